The van der Waals surface area contributed by atoms with E-state index in [-0.39, 0.29) is 79.8 Å². The van der Waals surface area contributed by atoms with E-state index >= 15 is 0 Å². The normalized spacial score (nSPS) is 27.4. The van der Waals surface area contributed by atoms with E-state index in [1.54, 1.807) is 27.0 Å². The Kier molecular flexibility index (Phi) is 31.8. The van der Waals surface area contributed by atoms with Gasteiger partial charge in [-0.3, -0.25) is 42.9 Å². The summed E-state index contributed by atoms with van der Waals surface area (Å²) in [5.41, 5.74) is 13.1. The van der Waals surface area contributed by atoms with Crippen LogP contribution >= 0.6 is 0 Å². The lowest BCUT2D eigenvalue weighted by Crippen LogP contribution is -2.58. The van der Waals surface area contributed by atoms with Gasteiger partial charge in [-0.1, -0.05) is 0 Å². The molecule has 15 saturated carbocycles. The van der Waals surface area contributed by atoms with Crippen molar-refractivity contribution in [1.82, 2.24) is 91.3 Å². The van der Waals surface area contributed by atoms with Crippen molar-refractivity contribution >= 4 is 68.1 Å². The van der Waals surface area contributed by atoms with Crippen LogP contribution in [0.1, 0.15) is 365 Å². The van der Waals surface area contributed by atoms with Crippen LogP contribution in [-0.4, -0.2) is 174 Å². The number of ether oxygens (including phenoxy) is 5. The molecule has 10 bridgehead atoms. The molecular weight excluding hydrogens is 1920 g/mol. The monoisotopic (exact) mass is 2080 g/mol. The SMILES string of the molecule is CC(C)(C)OC(=O)NC12CCC(COS(=O)(=O)c3ccc(C(F)(F)F)cc3)(CC1)CC2.CC1=NCc2ccncc21.Cc1c2c(nn1CC13CCC(NC(=O)OC(C)(C)C)(CC1)CC3)CCNC2.Cc1c2cnccc2nn1CC12CCC(NC(=O)OC(C)(C)C)(CC1)CC2.Cc1nn(CC23CCC(NC(=O)OC(C)(C)C)(CC2)CC3)c2c1CNCC2.Cc1nn(CC23CCC(NC(=O)OC(C)(C)C)(CC2)CC3)c2ccncc12. The number of benzene rings is 1. The van der Waals surface area contributed by atoms with Crippen LogP contribution in [0.4, 0.5) is 37.1 Å². The van der Waals surface area contributed by atoms with E-state index in [0.717, 1.165) is 278 Å². The summed E-state index contributed by atoms with van der Waals surface area (Å²) < 4.78 is 105. The van der Waals surface area contributed by atoms with Crippen molar-refractivity contribution in [2.75, 3.05) is 19.7 Å². The highest BCUT2D eigenvalue weighted by Gasteiger charge is 2.57. The Hall–Kier alpha value is -10.3. The minimum atomic E-state index is -4.54. The maximum absolute atomic E-state index is 12.7. The number of hydrogen-bond donors (Lipinski definition) is 7. The first-order chi connectivity index (χ1) is 69.8. The second kappa shape index (κ2) is 42.6. The van der Waals surface area contributed by atoms with Crippen LogP contribution in [0.25, 0.3) is 21.8 Å². The van der Waals surface area contributed by atoms with Gasteiger partial charge in [-0.05, 0) is 406 Å². The predicted molar refractivity (Wildman–Crippen MR) is 565 cm³/mol. The summed E-state index contributed by atoms with van der Waals surface area (Å²) in [4.78, 5) is 77.8. The average molecular weight is 2090 g/mol. The van der Waals surface area contributed by atoms with Crippen molar-refractivity contribution < 1.29 is 73.4 Å². The van der Waals surface area contributed by atoms with Crippen molar-refractivity contribution in [2.45, 2.75) is 457 Å². The number of hydrogen-bond acceptors (Lipinski definition) is 23. The van der Waals surface area contributed by atoms with Crippen molar-refractivity contribution in [1.29, 1.82) is 0 Å². The van der Waals surface area contributed by atoms with Gasteiger partial charge in [0.15, 0.2) is 0 Å². The van der Waals surface area contributed by atoms with E-state index < -0.39 is 56.0 Å². The minimum Gasteiger partial charge on any atom is -0.444 e. The summed E-state index contributed by atoms with van der Waals surface area (Å²) in [5.74, 6) is 0. The van der Waals surface area contributed by atoms with Crippen LogP contribution in [0.5, 0.6) is 0 Å². The molecule has 18 aliphatic rings. The van der Waals surface area contributed by atoms with Gasteiger partial charge in [0.05, 0.1) is 51.7 Å². The second-order valence-corrected chi connectivity index (χ2v) is 52.8. The Morgan fingerprint density at radius 3 is 1.14 bits per heavy atom. The first-order valence-corrected chi connectivity index (χ1v) is 55.8. The van der Waals surface area contributed by atoms with Gasteiger partial charge >= 0.3 is 36.6 Å². The molecule has 0 atom stereocenters. The van der Waals surface area contributed by atoms with Crippen molar-refractivity contribution in [2.24, 2.45) is 32.1 Å². The van der Waals surface area contributed by atoms with Crippen LogP contribution < -0.4 is 37.2 Å². The van der Waals surface area contributed by atoms with Crippen molar-refractivity contribution in [3.63, 3.8) is 0 Å². The molecule has 1 aromatic carbocycles. The average Bonchev–Trinajstić information content (AvgIpc) is 1.75. The van der Waals surface area contributed by atoms with Gasteiger partial charge in [-0.2, -0.15) is 42.0 Å². The van der Waals surface area contributed by atoms with Crippen molar-refractivity contribution in [3.05, 3.63) is 142 Å². The maximum Gasteiger partial charge on any atom is 0.416 e. The van der Waals surface area contributed by atoms with Gasteiger partial charge in [-0.25, -0.2) is 24.0 Å². The third-order valence-corrected chi connectivity index (χ3v) is 35.8. The number of nitrogens with zero attached hydrogens (tertiary/aromatic N) is 12. The Balaban J connectivity index is 0.000000130. The molecule has 15 fully saturated rings. The number of alkyl halides is 3. The lowest BCUT2D eigenvalue weighted by Gasteiger charge is -2.53. The number of fused-ring (bicyclic) bond motifs is 20. The molecule has 0 radical (unpaired) electrons. The molecule has 0 saturated heterocycles. The number of aromatic nitrogens is 11. The van der Waals surface area contributed by atoms with Gasteiger partial charge < -0.3 is 60.9 Å². The number of pyridine rings is 3. The third-order valence-electron chi connectivity index (χ3n) is 34.6. The lowest BCUT2D eigenvalue weighted by atomic mass is 9.57. The highest BCUT2D eigenvalue weighted by molar-refractivity contribution is 7.86. The molecule has 816 valence electrons. The number of halogens is 3. The molecule has 149 heavy (non-hydrogen) atoms. The van der Waals surface area contributed by atoms with E-state index in [0.29, 0.717) is 49.4 Å². The number of amides is 5. The number of nitrogens with one attached hydrogen (secondary N) is 7. The molecule has 8 aromatic rings. The Labute approximate surface area is 877 Å². The number of rotatable bonds is 17. The molecular formula is C113H164F3N19O13S. The van der Waals surface area contributed by atoms with Crippen LogP contribution in [0.15, 0.2) is 89.5 Å². The maximum atomic E-state index is 12.7. The molecule has 10 heterocycles. The molecule has 0 unspecified atom stereocenters. The van der Waals surface area contributed by atoms with E-state index in [1.807, 2.05) is 133 Å². The van der Waals surface area contributed by atoms with Crippen LogP contribution in [0.2, 0.25) is 0 Å². The van der Waals surface area contributed by atoms with Gasteiger partial charge in [0.25, 0.3) is 10.1 Å². The van der Waals surface area contributed by atoms with Gasteiger partial charge in [-0.15, -0.1) is 0 Å². The molecule has 7 N–H and O–H groups in total. The van der Waals surface area contributed by atoms with E-state index in [9.17, 15) is 45.6 Å². The molecule has 7 aromatic heterocycles. The van der Waals surface area contributed by atoms with Gasteiger partial charge in [0.2, 0.25) is 0 Å². The largest absolute Gasteiger partial charge is 0.444 e. The summed E-state index contributed by atoms with van der Waals surface area (Å²) in [7, 11) is -4.16. The summed E-state index contributed by atoms with van der Waals surface area (Å²) >= 11 is 0. The Morgan fingerprint density at radius 2 is 0.745 bits per heavy atom. The second-order valence-electron chi connectivity index (χ2n) is 51.2. The van der Waals surface area contributed by atoms with E-state index in [1.165, 1.54) is 56.2 Å². The van der Waals surface area contributed by atoms with Crippen LogP contribution in [-0.2, 0) is 103 Å². The molecule has 32 nitrogen and oxygen atoms in total. The smallest absolute Gasteiger partial charge is 0.416 e. The van der Waals surface area contributed by atoms with Crippen LogP contribution in [0.3, 0.4) is 0 Å². The van der Waals surface area contributed by atoms with Gasteiger partial charge in [0, 0.05) is 180 Å². The number of carbonyl (C=O) groups is 5. The quantitative estimate of drug-likeness (QED) is 0.0329. The zero-order valence-electron chi connectivity index (χ0n) is 91.9. The zero-order chi connectivity index (χ0) is 107. The summed E-state index contributed by atoms with van der Waals surface area (Å²) in [6, 6.07) is 9.34. The highest BCUT2D eigenvalue weighted by atomic mass is 32.2. The Morgan fingerprint density at radius 1 is 0.389 bits per heavy atom. The molecule has 0 spiro atoms. The predicted octanol–water partition coefficient (Wildman–Crippen LogP) is 22.1. The Bertz CT molecular complexity index is 6190. The fourth-order valence-corrected chi connectivity index (χ4v) is 26.5. The first kappa shape index (κ1) is 111. The first-order valence-electron chi connectivity index (χ1n) is 54.4. The molecule has 26 rings (SSSR count). The van der Waals surface area contributed by atoms with E-state index in [4.69, 9.17) is 48.3 Å². The summed E-state index contributed by atoms with van der Waals surface area (Å²) in [6.07, 6.45) is 37.4. The lowest BCUT2D eigenvalue weighted by molar-refractivity contribution is -0.137. The van der Waals surface area contributed by atoms with Crippen LogP contribution in [0, 0.1) is 54.8 Å². The van der Waals surface area contributed by atoms with Gasteiger partial charge in [0.1, 0.15) is 28.0 Å². The fourth-order valence-electron chi connectivity index (χ4n) is 25.5. The standard InChI is InChI=1S/C21H28F3NO5S.C21H34N4O2.C21H30N4O2.C21H34N4O2.C21H30N4O2.C8H8N2/c1-18(2,3)30-17(26)25-20-11-8-19(9-12-20,10-13-20)14-29-31(27,28)16-6-4-15(5-7-16)21(22,23)24;2*1-15-16-13-22-12-5-17(16)24-25(15)14-20-6-9-21(10-7-20,11-8-20)23-18(26)27-19(2,3)4;2*1-15-16-13-22-12-5-17(16)25(24-15)14-20-6-9-21(10-7-20,11-8-20)23-18(26)27-19(2,3)4;1-6-8-5-9-3-2-7(8)4-10-6/h4-7H,8-14H2,1-3H3,(H,25,26);22H,5-14H2,1-4H3,(H,23,26);5,12-13H,6-11,14H2,1-4H3,(H,23,26);22H,5-14H2,1-4H3,(H,23,26);5,12-13H,6-11,14H2,1-4H3,(H,23,26);2-3,5H,4H2,1H3. The summed E-state index contributed by atoms with van der Waals surface area (Å²) in [5, 5.41) is 44.5. The zero-order valence-corrected chi connectivity index (χ0v) is 92.7. The fraction of sp³-hybridized carbons (Fsp3) is 0.690. The highest BCUT2D eigenvalue weighted by Crippen LogP contribution is 2.59. The number of aryl methyl sites for hydroxylation is 3. The molecule has 3 aliphatic heterocycles. The third kappa shape index (κ3) is 27.1. The topological polar surface area (TPSA) is 381 Å². The number of alkyl carbamates (subject to hydrolysis) is 5. The molecule has 36 heteroatoms. The number of carbonyl (C=O) groups excluding carboxylic acids is 5. The molecule has 15 aliphatic carbocycles. The van der Waals surface area contributed by atoms with Crippen molar-refractivity contribution in [3.8, 4) is 0 Å². The number of aliphatic imine (C=N–C) groups is 1. The van der Waals surface area contributed by atoms with E-state index in [2.05, 4.69) is 110 Å². The summed E-state index contributed by atoms with van der Waals surface area (Å²) in [6.45, 7) is 47.6. The molecule has 5 amide bonds. The minimum absolute atomic E-state index is 0.0289.